The van der Waals surface area contributed by atoms with E-state index < -0.39 is 6.10 Å². The molecule has 0 heterocycles. The van der Waals surface area contributed by atoms with E-state index in [1.54, 1.807) is 6.92 Å². The van der Waals surface area contributed by atoms with Crippen molar-refractivity contribution in [2.75, 3.05) is 0 Å². The molecule has 2 unspecified atom stereocenters. The van der Waals surface area contributed by atoms with E-state index in [9.17, 15) is 15.0 Å². The van der Waals surface area contributed by atoms with E-state index in [0.29, 0.717) is 12.8 Å². The number of carbonyl (C=O) groups excluding carboxylic acids is 1. The van der Waals surface area contributed by atoms with Gasteiger partial charge in [0.1, 0.15) is 0 Å². The van der Waals surface area contributed by atoms with E-state index in [4.69, 9.17) is 4.74 Å². The summed E-state index contributed by atoms with van der Waals surface area (Å²) in [4.78, 5) is 11.4. The second kappa shape index (κ2) is 18.7. The number of hydrogen-bond donors (Lipinski definition) is 2. The van der Waals surface area contributed by atoms with Crippen LogP contribution in [-0.2, 0) is 9.53 Å². The fourth-order valence-electron chi connectivity index (χ4n) is 3.43. The Morgan fingerprint density at radius 3 is 1.52 bits per heavy atom. The van der Waals surface area contributed by atoms with Crippen LogP contribution in [0.3, 0.4) is 0 Å². The third-order valence-corrected chi connectivity index (χ3v) is 4.90. The van der Waals surface area contributed by atoms with Gasteiger partial charge in [0.2, 0.25) is 0 Å². The predicted molar refractivity (Wildman–Crippen MR) is 113 cm³/mol. The van der Waals surface area contributed by atoms with Gasteiger partial charge in [-0.2, -0.15) is 0 Å². The van der Waals surface area contributed by atoms with E-state index in [0.717, 1.165) is 25.7 Å². The van der Waals surface area contributed by atoms with Gasteiger partial charge in [-0.05, 0) is 40.0 Å². The van der Waals surface area contributed by atoms with Crippen molar-refractivity contribution in [1.29, 1.82) is 0 Å². The minimum Gasteiger partial charge on any atom is -0.463 e. The van der Waals surface area contributed by atoms with Gasteiger partial charge >= 0.3 is 5.97 Å². The normalized spacial score (nSPS) is 13.7. The van der Waals surface area contributed by atoms with Crippen LogP contribution in [0.5, 0.6) is 0 Å². The first-order chi connectivity index (χ1) is 12.9. The summed E-state index contributed by atoms with van der Waals surface area (Å²) in [5, 5.41) is 18.9. The first-order valence-electron chi connectivity index (χ1n) is 11.5. The minimum atomic E-state index is -0.395. The van der Waals surface area contributed by atoms with Gasteiger partial charge in [0, 0.05) is 6.42 Å². The molecule has 0 aromatic rings. The Kier molecular flexibility index (Phi) is 18.3. The van der Waals surface area contributed by atoms with Crippen LogP contribution < -0.4 is 0 Å². The van der Waals surface area contributed by atoms with Crippen molar-refractivity contribution in [1.82, 2.24) is 0 Å². The molecule has 27 heavy (non-hydrogen) atoms. The first kappa shape index (κ1) is 26.4. The number of aliphatic hydroxyl groups excluding tert-OH is 2. The average Bonchev–Trinajstić information content (AvgIpc) is 2.57. The number of unbranched alkanes of at least 4 members (excludes halogenated alkanes) is 12. The number of carbonyl (C=O) groups is 1. The number of esters is 1. The van der Waals surface area contributed by atoms with E-state index >= 15 is 0 Å². The van der Waals surface area contributed by atoms with E-state index in [2.05, 4.69) is 0 Å². The maximum absolute atomic E-state index is 11.4. The topological polar surface area (TPSA) is 66.8 Å². The van der Waals surface area contributed by atoms with Gasteiger partial charge in [-0.1, -0.05) is 77.0 Å². The van der Waals surface area contributed by atoms with Crippen molar-refractivity contribution in [3.05, 3.63) is 0 Å². The highest BCUT2D eigenvalue weighted by Gasteiger charge is 2.07. The maximum atomic E-state index is 11.4. The molecule has 162 valence electrons. The monoisotopic (exact) mass is 386 g/mol. The van der Waals surface area contributed by atoms with Gasteiger partial charge in [0.25, 0.3) is 0 Å². The predicted octanol–water partition coefficient (Wildman–Crippen LogP) is 5.92. The molecule has 0 aromatic heterocycles. The quantitative estimate of drug-likeness (QED) is 0.213. The minimum absolute atomic E-state index is 0.00573. The summed E-state index contributed by atoms with van der Waals surface area (Å²) in [6.07, 6.45) is 17.3. The van der Waals surface area contributed by atoms with Crippen LogP contribution in [0.1, 0.15) is 124 Å². The largest absolute Gasteiger partial charge is 0.463 e. The van der Waals surface area contributed by atoms with E-state index in [1.807, 2.05) is 13.8 Å². The lowest BCUT2D eigenvalue weighted by atomic mass is 10.0. The smallest absolute Gasteiger partial charge is 0.306 e. The number of aliphatic hydroxyl groups is 2. The molecule has 2 N–H and O–H groups in total. The van der Waals surface area contributed by atoms with Gasteiger partial charge in [0.15, 0.2) is 0 Å². The molecule has 0 spiro atoms. The molecule has 0 aliphatic rings. The van der Waals surface area contributed by atoms with Crippen LogP contribution in [0.25, 0.3) is 0 Å². The van der Waals surface area contributed by atoms with Crippen LogP contribution in [0.15, 0.2) is 0 Å². The van der Waals surface area contributed by atoms with Crippen LogP contribution in [-0.4, -0.2) is 34.5 Å². The van der Waals surface area contributed by atoms with Gasteiger partial charge in [-0.25, -0.2) is 0 Å². The fraction of sp³-hybridized carbons (Fsp3) is 0.957. The summed E-state index contributed by atoms with van der Waals surface area (Å²) in [7, 11) is 0. The standard InChI is InChI=1S/C23H46O4/c1-20(2)27-23(26)18-16-14-12-10-8-6-4-5-7-9-11-13-15-17-22(25)19-21(3)24/h20-22,24-25H,4-19H2,1-3H3. The fourth-order valence-corrected chi connectivity index (χ4v) is 3.43. The molecule has 4 heteroatoms. The summed E-state index contributed by atoms with van der Waals surface area (Å²) < 4.78 is 5.13. The molecule has 0 fully saturated rings. The molecule has 2 atom stereocenters. The second-order valence-electron chi connectivity index (χ2n) is 8.41. The summed E-state index contributed by atoms with van der Waals surface area (Å²) in [5.41, 5.74) is 0. The highest BCUT2D eigenvalue weighted by Crippen LogP contribution is 2.14. The molecular formula is C23H46O4. The molecule has 0 radical (unpaired) electrons. The lowest BCUT2D eigenvalue weighted by Crippen LogP contribution is -2.14. The Morgan fingerprint density at radius 1 is 0.704 bits per heavy atom. The Balaban J connectivity index is 3.16. The molecule has 4 nitrogen and oxygen atoms in total. The van der Waals surface area contributed by atoms with Crippen molar-refractivity contribution in [2.24, 2.45) is 0 Å². The Labute approximate surface area is 168 Å². The molecule has 0 aliphatic heterocycles. The maximum Gasteiger partial charge on any atom is 0.306 e. The number of hydrogen-bond acceptors (Lipinski definition) is 4. The van der Waals surface area contributed by atoms with Gasteiger partial charge in [-0.15, -0.1) is 0 Å². The zero-order chi connectivity index (χ0) is 20.3. The SMILES string of the molecule is CC(O)CC(O)CCCCCCCCCCCCCCCC(=O)OC(C)C. The van der Waals surface area contributed by atoms with Crippen LogP contribution in [0.2, 0.25) is 0 Å². The van der Waals surface area contributed by atoms with Gasteiger partial charge in [0.05, 0.1) is 18.3 Å². The first-order valence-corrected chi connectivity index (χ1v) is 11.5. The number of ether oxygens (including phenoxy) is 1. The Hall–Kier alpha value is -0.610. The van der Waals surface area contributed by atoms with Gasteiger partial charge in [-0.3, -0.25) is 4.79 Å². The van der Waals surface area contributed by atoms with Gasteiger partial charge < -0.3 is 14.9 Å². The van der Waals surface area contributed by atoms with Crippen molar-refractivity contribution in [2.45, 2.75) is 142 Å². The molecule has 0 rings (SSSR count). The summed E-state index contributed by atoms with van der Waals surface area (Å²) in [6.45, 7) is 5.52. The molecule has 0 aromatic carbocycles. The summed E-state index contributed by atoms with van der Waals surface area (Å²) >= 11 is 0. The van der Waals surface area contributed by atoms with Crippen molar-refractivity contribution in [3.8, 4) is 0 Å². The Bertz CT molecular complexity index is 328. The lowest BCUT2D eigenvalue weighted by molar-refractivity contribution is -0.147. The van der Waals surface area contributed by atoms with Crippen LogP contribution in [0.4, 0.5) is 0 Å². The zero-order valence-corrected chi connectivity index (χ0v) is 18.3. The third-order valence-electron chi connectivity index (χ3n) is 4.90. The lowest BCUT2D eigenvalue weighted by Gasteiger charge is -2.11. The van der Waals surface area contributed by atoms with Crippen molar-refractivity contribution < 1.29 is 19.7 Å². The zero-order valence-electron chi connectivity index (χ0n) is 18.3. The van der Waals surface area contributed by atoms with Crippen LogP contribution >= 0.6 is 0 Å². The average molecular weight is 387 g/mol. The van der Waals surface area contributed by atoms with Crippen LogP contribution in [0, 0.1) is 0 Å². The summed E-state index contributed by atoms with van der Waals surface area (Å²) in [5.74, 6) is -0.0547. The van der Waals surface area contributed by atoms with E-state index in [-0.39, 0.29) is 18.2 Å². The molecule has 0 saturated heterocycles. The molecule has 0 saturated carbocycles. The number of rotatable bonds is 19. The second-order valence-corrected chi connectivity index (χ2v) is 8.41. The third kappa shape index (κ3) is 21.5. The molecular weight excluding hydrogens is 340 g/mol. The highest BCUT2D eigenvalue weighted by molar-refractivity contribution is 5.69. The molecule has 0 amide bonds. The Morgan fingerprint density at radius 2 is 1.11 bits per heavy atom. The summed E-state index contributed by atoms with van der Waals surface area (Å²) in [6, 6.07) is 0. The van der Waals surface area contributed by atoms with Crippen molar-refractivity contribution in [3.63, 3.8) is 0 Å². The molecule has 0 bridgehead atoms. The van der Waals surface area contributed by atoms with Crippen molar-refractivity contribution >= 4 is 5.97 Å². The highest BCUT2D eigenvalue weighted by atomic mass is 16.5. The van der Waals surface area contributed by atoms with E-state index in [1.165, 1.54) is 64.2 Å². The molecule has 0 aliphatic carbocycles.